The minimum atomic E-state index is 0.242. The van der Waals surface area contributed by atoms with Gasteiger partial charge in [0.1, 0.15) is 5.75 Å². The van der Waals surface area contributed by atoms with Crippen LogP contribution in [0.4, 0.5) is 0 Å². The van der Waals surface area contributed by atoms with Gasteiger partial charge < -0.3 is 4.74 Å². The highest BCUT2D eigenvalue weighted by Crippen LogP contribution is 2.30. The second-order valence-electron chi connectivity index (χ2n) is 4.61. The summed E-state index contributed by atoms with van der Waals surface area (Å²) in [6, 6.07) is 6.60. The van der Waals surface area contributed by atoms with Crippen molar-refractivity contribution in [2.45, 2.75) is 57.5 Å². The van der Waals surface area contributed by atoms with Gasteiger partial charge in [-0.15, -0.1) is 11.8 Å². The van der Waals surface area contributed by atoms with Crippen LogP contribution in [-0.2, 0) is 6.42 Å². The third kappa shape index (κ3) is 5.03. The van der Waals surface area contributed by atoms with Crippen molar-refractivity contribution < 1.29 is 4.74 Å². The molecule has 0 aliphatic rings. The van der Waals surface area contributed by atoms with E-state index in [0.29, 0.717) is 0 Å². The topological polar surface area (TPSA) is 9.23 Å². The summed E-state index contributed by atoms with van der Waals surface area (Å²) in [5.74, 6) is 1.02. The van der Waals surface area contributed by atoms with Gasteiger partial charge >= 0.3 is 0 Å². The summed E-state index contributed by atoms with van der Waals surface area (Å²) in [5, 5.41) is 0. The second kappa shape index (κ2) is 7.65. The van der Waals surface area contributed by atoms with Crippen molar-refractivity contribution >= 4 is 11.8 Å². The fourth-order valence-corrected chi connectivity index (χ4v) is 2.38. The maximum absolute atomic E-state index is 5.80. The lowest BCUT2D eigenvalue weighted by atomic mass is 10.1. The van der Waals surface area contributed by atoms with E-state index < -0.39 is 0 Å². The van der Waals surface area contributed by atoms with E-state index in [2.05, 4.69) is 45.2 Å². The molecule has 2 heteroatoms. The average Bonchev–Trinajstić information content (AvgIpc) is 2.30. The van der Waals surface area contributed by atoms with Gasteiger partial charge in [0, 0.05) is 4.90 Å². The molecule has 0 saturated heterocycles. The van der Waals surface area contributed by atoms with Crippen molar-refractivity contribution in [3.05, 3.63) is 23.8 Å². The molecule has 1 aromatic carbocycles. The van der Waals surface area contributed by atoms with Crippen molar-refractivity contribution in [1.29, 1.82) is 0 Å². The van der Waals surface area contributed by atoms with Crippen LogP contribution in [0.1, 0.15) is 45.6 Å². The molecule has 0 aliphatic heterocycles. The summed E-state index contributed by atoms with van der Waals surface area (Å²) >= 11 is 1.77. The fourth-order valence-electron chi connectivity index (χ4n) is 1.80. The first-order valence-corrected chi connectivity index (χ1v) is 7.73. The lowest BCUT2D eigenvalue weighted by Gasteiger charge is -2.14. The number of hydrogen-bond donors (Lipinski definition) is 0. The number of unbranched alkanes of at least 4 members (excludes halogenated alkanes) is 2. The molecule has 0 aromatic heterocycles. The zero-order valence-electron chi connectivity index (χ0n) is 11.5. The molecule has 0 spiro atoms. The van der Waals surface area contributed by atoms with Crippen LogP contribution in [-0.4, -0.2) is 12.4 Å². The molecule has 0 heterocycles. The van der Waals surface area contributed by atoms with Gasteiger partial charge in [-0.2, -0.15) is 0 Å². The predicted molar refractivity (Wildman–Crippen MR) is 77.2 cm³/mol. The van der Waals surface area contributed by atoms with Gasteiger partial charge in [0.25, 0.3) is 0 Å². The maximum Gasteiger partial charge on any atom is 0.133 e. The zero-order chi connectivity index (χ0) is 12.7. The summed E-state index contributed by atoms with van der Waals surface area (Å²) in [7, 11) is 0. The summed E-state index contributed by atoms with van der Waals surface area (Å²) in [4.78, 5) is 1.26. The Morgan fingerprint density at radius 3 is 2.59 bits per heavy atom. The summed E-state index contributed by atoms with van der Waals surface area (Å²) in [6.45, 7) is 6.38. The largest absolute Gasteiger partial charge is 0.490 e. The van der Waals surface area contributed by atoms with E-state index >= 15 is 0 Å². The second-order valence-corrected chi connectivity index (χ2v) is 5.46. The van der Waals surface area contributed by atoms with Crippen molar-refractivity contribution in [2.24, 2.45) is 0 Å². The lowest BCUT2D eigenvalue weighted by Crippen LogP contribution is -2.06. The van der Waals surface area contributed by atoms with Crippen LogP contribution >= 0.6 is 11.8 Å². The Labute approximate surface area is 110 Å². The van der Waals surface area contributed by atoms with Crippen LogP contribution in [0.25, 0.3) is 0 Å². The minimum absolute atomic E-state index is 0.242. The van der Waals surface area contributed by atoms with Crippen LogP contribution < -0.4 is 4.74 Å². The summed E-state index contributed by atoms with van der Waals surface area (Å²) < 4.78 is 5.80. The monoisotopic (exact) mass is 252 g/mol. The molecule has 0 N–H and O–H groups in total. The van der Waals surface area contributed by atoms with E-state index in [1.54, 1.807) is 11.8 Å². The molecule has 1 aromatic rings. The molecule has 0 amide bonds. The van der Waals surface area contributed by atoms with E-state index in [-0.39, 0.29) is 6.10 Å². The number of hydrogen-bond acceptors (Lipinski definition) is 2. The average molecular weight is 252 g/mol. The van der Waals surface area contributed by atoms with Gasteiger partial charge in [-0.25, -0.2) is 0 Å². The third-order valence-electron chi connectivity index (χ3n) is 2.66. The SMILES string of the molecule is CCCCCc1ccc(OC(C)C)c(SC)c1. The molecule has 0 fully saturated rings. The third-order valence-corrected chi connectivity index (χ3v) is 3.42. The molecule has 0 unspecified atom stereocenters. The van der Waals surface area contributed by atoms with Gasteiger partial charge in [-0.1, -0.05) is 25.8 Å². The van der Waals surface area contributed by atoms with Crippen LogP contribution in [0.2, 0.25) is 0 Å². The number of thioether (sulfide) groups is 1. The number of benzene rings is 1. The Morgan fingerprint density at radius 2 is 2.00 bits per heavy atom. The van der Waals surface area contributed by atoms with Gasteiger partial charge in [-0.05, 0) is 50.6 Å². The van der Waals surface area contributed by atoms with Crippen molar-refractivity contribution in [1.82, 2.24) is 0 Å². The summed E-state index contributed by atoms with van der Waals surface area (Å²) in [5.41, 5.74) is 1.43. The zero-order valence-corrected chi connectivity index (χ0v) is 12.3. The van der Waals surface area contributed by atoms with E-state index in [1.165, 1.54) is 36.1 Å². The lowest BCUT2D eigenvalue weighted by molar-refractivity contribution is 0.236. The molecule has 0 atom stereocenters. The highest BCUT2D eigenvalue weighted by molar-refractivity contribution is 7.98. The molecule has 96 valence electrons. The first-order chi connectivity index (χ1) is 8.17. The first-order valence-electron chi connectivity index (χ1n) is 6.51. The molecule has 17 heavy (non-hydrogen) atoms. The predicted octanol–water partition coefficient (Wildman–Crippen LogP) is 4.93. The highest BCUT2D eigenvalue weighted by Gasteiger charge is 2.06. The highest BCUT2D eigenvalue weighted by atomic mass is 32.2. The minimum Gasteiger partial charge on any atom is -0.490 e. The van der Waals surface area contributed by atoms with Crippen LogP contribution in [0.15, 0.2) is 23.1 Å². The molecule has 0 aliphatic carbocycles. The molecular formula is C15H24OS. The van der Waals surface area contributed by atoms with E-state index in [4.69, 9.17) is 4.74 Å². The Balaban J connectivity index is 2.70. The Hall–Kier alpha value is -0.630. The van der Waals surface area contributed by atoms with E-state index in [9.17, 15) is 0 Å². The molecule has 0 bridgehead atoms. The van der Waals surface area contributed by atoms with Gasteiger partial charge in [0.15, 0.2) is 0 Å². The fraction of sp³-hybridized carbons (Fsp3) is 0.600. The standard InChI is InChI=1S/C15H24OS/c1-5-6-7-8-13-9-10-14(16-12(2)3)15(11-13)17-4/h9-12H,5-8H2,1-4H3. The van der Waals surface area contributed by atoms with Crippen LogP contribution in [0.5, 0.6) is 5.75 Å². The maximum atomic E-state index is 5.80. The summed E-state index contributed by atoms with van der Waals surface area (Å²) in [6.07, 6.45) is 7.42. The number of ether oxygens (including phenoxy) is 1. The van der Waals surface area contributed by atoms with Crippen molar-refractivity contribution in [3.63, 3.8) is 0 Å². The van der Waals surface area contributed by atoms with E-state index in [1.807, 2.05) is 0 Å². The van der Waals surface area contributed by atoms with Crippen LogP contribution in [0.3, 0.4) is 0 Å². The molecule has 1 nitrogen and oxygen atoms in total. The quantitative estimate of drug-likeness (QED) is 0.503. The van der Waals surface area contributed by atoms with Crippen molar-refractivity contribution in [3.8, 4) is 5.75 Å². The smallest absolute Gasteiger partial charge is 0.133 e. The van der Waals surface area contributed by atoms with E-state index in [0.717, 1.165) is 5.75 Å². The molecular weight excluding hydrogens is 228 g/mol. The Morgan fingerprint density at radius 1 is 1.24 bits per heavy atom. The molecule has 0 radical (unpaired) electrons. The number of rotatable bonds is 7. The van der Waals surface area contributed by atoms with Gasteiger partial charge in [-0.3, -0.25) is 0 Å². The number of aryl methyl sites for hydroxylation is 1. The molecule has 1 rings (SSSR count). The molecule has 0 saturated carbocycles. The van der Waals surface area contributed by atoms with Crippen LogP contribution in [0, 0.1) is 0 Å². The Bertz CT molecular complexity index is 334. The van der Waals surface area contributed by atoms with Gasteiger partial charge in [0.2, 0.25) is 0 Å². The van der Waals surface area contributed by atoms with Crippen molar-refractivity contribution in [2.75, 3.05) is 6.26 Å². The Kier molecular flexibility index (Phi) is 6.49. The first kappa shape index (κ1) is 14.4. The normalized spacial score (nSPS) is 10.9. The van der Waals surface area contributed by atoms with Gasteiger partial charge in [0.05, 0.1) is 6.10 Å².